The van der Waals surface area contributed by atoms with Gasteiger partial charge in [-0.05, 0) is 57.5 Å². The lowest BCUT2D eigenvalue weighted by Gasteiger charge is -2.30. The van der Waals surface area contributed by atoms with Gasteiger partial charge in [0, 0.05) is 38.8 Å². The maximum Gasteiger partial charge on any atom is 0.222 e. The van der Waals surface area contributed by atoms with Crippen molar-refractivity contribution in [3.05, 3.63) is 23.9 Å². The van der Waals surface area contributed by atoms with E-state index in [4.69, 9.17) is 0 Å². The van der Waals surface area contributed by atoms with Gasteiger partial charge < -0.3 is 14.7 Å². The summed E-state index contributed by atoms with van der Waals surface area (Å²) in [5, 5.41) is 9.28. The molecular weight excluding hydrogens is 314 g/mol. The molecule has 6 nitrogen and oxygen atoms in total. The quantitative estimate of drug-likeness (QED) is 0.838. The molecule has 0 unspecified atom stereocenters. The molecule has 0 atom stereocenters. The molecule has 2 aliphatic rings. The molecule has 134 valence electrons. The Kier molecular flexibility index (Phi) is 5.87. The number of hydrogen-bond acceptors (Lipinski definition) is 5. The van der Waals surface area contributed by atoms with Crippen molar-refractivity contribution in [1.82, 2.24) is 14.8 Å². The smallest absolute Gasteiger partial charge is 0.222 e. The Bertz CT molecular complexity index is 633. The first-order chi connectivity index (χ1) is 12.2. The Morgan fingerprint density at radius 2 is 2.04 bits per heavy atom. The molecule has 3 heterocycles. The van der Waals surface area contributed by atoms with Gasteiger partial charge in [-0.2, -0.15) is 5.26 Å². The van der Waals surface area contributed by atoms with E-state index in [-0.39, 0.29) is 5.91 Å². The van der Waals surface area contributed by atoms with E-state index in [1.54, 1.807) is 18.3 Å². The molecule has 0 aliphatic carbocycles. The second-order valence-electron chi connectivity index (χ2n) is 7.16. The summed E-state index contributed by atoms with van der Waals surface area (Å²) < 4.78 is 0. The van der Waals surface area contributed by atoms with Crippen LogP contribution in [0.15, 0.2) is 18.3 Å². The normalized spacial score (nSPS) is 20.2. The van der Waals surface area contributed by atoms with Gasteiger partial charge >= 0.3 is 0 Å². The fraction of sp³-hybridized carbons (Fsp3) is 0.632. The van der Waals surface area contributed by atoms with E-state index in [0.29, 0.717) is 24.4 Å². The first-order valence-corrected chi connectivity index (χ1v) is 9.23. The number of carbonyl (C=O) groups excluding carboxylic acids is 1. The Balaban J connectivity index is 1.56. The van der Waals surface area contributed by atoms with Gasteiger partial charge in [-0.1, -0.05) is 0 Å². The van der Waals surface area contributed by atoms with Crippen LogP contribution in [0.2, 0.25) is 0 Å². The number of nitriles is 1. The van der Waals surface area contributed by atoms with Crippen LogP contribution in [0.5, 0.6) is 0 Å². The molecule has 3 rings (SSSR count). The van der Waals surface area contributed by atoms with Crippen molar-refractivity contribution in [2.24, 2.45) is 5.92 Å². The lowest BCUT2D eigenvalue weighted by molar-refractivity contribution is -0.132. The average Bonchev–Trinajstić information content (AvgIpc) is 2.90. The highest BCUT2D eigenvalue weighted by Gasteiger charge is 2.25. The summed E-state index contributed by atoms with van der Waals surface area (Å²) in [4.78, 5) is 23.6. The molecule has 0 saturated carbocycles. The van der Waals surface area contributed by atoms with Crippen LogP contribution in [0.4, 0.5) is 5.82 Å². The second-order valence-corrected chi connectivity index (χ2v) is 7.16. The van der Waals surface area contributed by atoms with Gasteiger partial charge in [0.05, 0.1) is 5.56 Å². The first-order valence-electron chi connectivity index (χ1n) is 9.23. The van der Waals surface area contributed by atoms with Crippen LogP contribution in [0.25, 0.3) is 0 Å². The monoisotopic (exact) mass is 341 g/mol. The van der Waals surface area contributed by atoms with Crippen molar-refractivity contribution in [3.63, 3.8) is 0 Å². The van der Waals surface area contributed by atoms with E-state index in [1.165, 1.54) is 0 Å². The SMILES string of the molecule is CN1CCC(CC(=O)N2CCCN(c3ncccc3C#N)CC2)CC1. The third-order valence-corrected chi connectivity index (χ3v) is 5.36. The van der Waals surface area contributed by atoms with Crippen molar-refractivity contribution in [3.8, 4) is 6.07 Å². The summed E-state index contributed by atoms with van der Waals surface area (Å²) >= 11 is 0. The standard InChI is InChI=1S/C19H27N5O/c1-22-10-5-16(6-11-22)14-18(25)23-8-3-9-24(13-12-23)19-17(15-20)4-2-7-21-19/h2,4,7,16H,3,5-6,8-14H2,1H3. The van der Waals surface area contributed by atoms with Gasteiger partial charge in [0.1, 0.15) is 11.9 Å². The van der Waals surface area contributed by atoms with Gasteiger partial charge in [-0.15, -0.1) is 0 Å². The molecule has 1 aromatic heterocycles. The topological polar surface area (TPSA) is 63.5 Å². The van der Waals surface area contributed by atoms with Crippen molar-refractivity contribution in [2.45, 2.75) is 25.7 Å². The predicted octanol–water partition coefficient (Wildman–Crippen LogP) is 1.72. The Labute approximate surface area is 150 Å². The largest absolute Gasteiger partial charge is 0.354 e. The number of carbonyl (C=O) groups is 1. The highest BCUT2D eigenvalue weighted by molar-refractivity contribution is 5.76. The van der Waals surface area contributed by atoms with Crippen LogP contribution in [0.3, 0.4) is 0 Å². The third-order valence-electron chi connectivity index (χ3n) is 5.36. The molecule has 0 N–H and O–H groups in total. The van der Waals surface area contributed by atoms with Crippen LogP contribution in [-0.4, -0.2) is 67.0 Å². The second kappa shape index (κ2) is 8.30. The number of likely N-dealkylation sites (tertiary alicyclic amines) is 1. The van der Waals surface area contributed by atoms with Crippen molar-refractivity contribution in [1.29, 1.82) is 5.26 Å². The molecule has 0 radical (unpaired) electrons. The molecule has 2 saturated heterocycles. The van der Waals surface area contributed by atoms with Crippen LogP contribution in [-0.2, 0) is 4.79 Å². The summed E-state index contributed by atoms with van der Waals surface area (Å²) in [5.74, 6) is 1.57. The van der Waals surface area contributed by atoms with Gasteiger partial charge in [-0.25, -0.2) is 4.98 Å². The summed E-state index contributed by atoms with van der Waals surface area (Å²) in [6.45, 7) is 5.29. The molecule has 0 spiro atoms. The highest BCUT2D eigenvalue weighted by atomic mass is 16.2. The lowest BCUT2D eigenvalue weighted by atomic mass is 9.93. The van der Waals surface area contributed by atoms with Gasteiger partial charge in [0.2, 0.25) is 5.91 Å². The predicted molar refractivity (Wildman–Crippen MR) is 97.2 cm³/mol. The molecule has 0 bridgehead atoms. The number of hydrogen-bond donors (Lipinski definition) is 0. The van der Waals surface area contributed by atoms with E-state index in [2.05, 4.69) is 27.9 Å². The fourth-order valence-corrected chi connectivity index (χ4v) is 3.76. The Hall–Kier alpha value is -2.13. The van der Waals surface area contributed by atoms with Crippen LogP contribution in [0, 0.1) is 17.2 Å². The molecule has 0 aromatic carbocycles. The lowest BCUT2D eigenvalue weighted by Crippen LogP contribution is -2.38. The molecule has 6 heteroatoms. The fourth-order valence-electron chi connectivity index (χ4n) is 3.76. The number of anilines is 1. The van der Waals surface area contributed by atoms with Gasteiger partial charge in [0.15, 0.2) is 0 Å². The van der Waals surface area contributed by atoms with Crippen molar-refractivity contribution >= 4 is 11.7 Å². The van der Waals surface area contributed by atoms with Gasteiger partial charge in [-0.3, -0.25) is 4.79 Å². The number of nitrogens with zero attached hydrogens (tertiary/aromatic N) is 5. The van der Waals surface area contributed by atoms with E-state index in [1.807, 2.05) is 4.90 Å². The molecule has 1 amide bonds. The van der Waals surface area contributed by atoms with Crippen LogP contribution < -0.4 is 4.90 Å². The van der Waals surface area contributed by atoms with E-state index >= 15 is 0 Å². The van der Waals surface area contributed by atoms with E-state index in [0.717, 1.165) is 57.8 Å². The third kappa shape index (κ3) is 4.49. The maximum absolute atomic E-state index is 12.7. The maximum atomic E-state index is 12.7. The summed E-state index contributed by atoms with van der Waals surface area (Å²) in [6, 6.07) is 5.81. The van der Waals surface area contributed by atoms with Crippen molar-refractivity contribution < 1.29 is 4.79 Å². The van der Waals surface area contributed by atoms with Crippen LogP contribution >= 0.6 is 0 Å². The zero-order valence-electron chi connectivity index (χ0n) is 15.0. The van der Waals surface area contributed by atoms with E-state index < -0.39 is 0 Å². The molecule has 1 aromatic rings. The minimum Gasteiger partial charge on any atom is -0.354 e. The molecule has 2 fully saturated rings. The average molecular weight is 341 g/mol. The molecule has 2 aliphatic heterocycles. The number of rotatable bonds is 3. The highest BCUT2D eigenvalue weighted by Crippen LogP contribution is 2.22. The zero-order chi connectivity index (χ0) is 17.6. The van der Waals surface area contributed by atoms with Gasteiger partial charge in [0.25, 0.3) is 0 Å². The number of aromatic nitrogens is 1. The minimum absolute atomic E-state index is 0.290. The minimum atomic E-state index is 0.290. The van der Waals surface area contributed by atoms with E-state index in [9.17, 15) is 10.1 Å². The number of piperidine rings is 1. The Morgan fingerprint density at radius 3 is 2.80 bits per heavy atom. The Morgan fingerprint density at radius 1 is 1.24 bits per heavy atom. The van der Waals surface area contributed by atoms with Crippen molar-refractivity contribution in [2.75, 3.05) is 51.2 Å². The molecular formula is C19H27N5O. The first kappa shape index (κ1) is 17.7. The summed E-state index contributed by atoms with van der Waals surface area (Å²) in [6.07, 6.45) is 5.58. The number of amides is 1. The zero-order valence-corrected chi connectivity index (χ0v) is 15.0. The number of pyridine rings is 1. The van der Waals surface area contributed by atoms with Crippen LogP contribution in [0.1, 0.15) is 31.2 Å². The summed E-state index contributed by atoms with van der Waals surface area (Å²) in [5.41, 5.74) is 0.605. The summed E-state index contributed by atoms with van der Waals surface area (Å²) in [7, 11) is 2.15. The molecule has 25 heavy (non-hydrogen) atoms.